The van der Waals surface area contributed by atoms with E-state index in [2.05, 4.69) is 0 Å². The molecule has 0 aliphatic carbocycles. The minimum Gasteiger partial charge on any atom is -0.343 e. The highest BCUT2D eigenvalue weighted by atomic mass is 16.7. The Kier molecular flexibility index (Phi) is 1.07. The summed E-state index contributed by atoms with van der Waals surface area (Å²) in [6, 6.07) is 0. The molecule has 3 nitrogen and oxygen atoms in total. The van der Waals surface area contributed by atoms with Crippen LogP contribution >= 0.6 is 0 Å². The van der Waals surface area contributed by atoms with Crippen LogP contribution in [0.3, 0.4) is 0 Å². The molecule has 0 aromatic carbocycles. The fourth-order valence-corrected chi connectivity index (χ4v) is 1.19. The third-order valence-electron chi connectivity index (χ3n) is 1.73. The number of carbonyl (C=O) groups is 1. The SMILES string of the molecule is O=C1CC[C@@H]2COC1O2. The minimum absolute atomic E-state index is 0.101. The van der Waals surface area contributed by atoms with Crippen molar-refractivity contribution < 1.29 is 14.3 Å². The van der Waals surface area contributed by atoms with Gasteiger partial charge < -0.3 is 9.47 Å². The number of carbonyl (C=O) groups excluding carboxylic acids is 1. The van der Waals surface area contributed by atoms with E-state index in [0.29, 0.717) is 13.0 Å². The molecule has 0 saturated carbocycles. The predicted octanol–water partition coefficient (Wildman–Crippen LogP) is 0.0908. The molecule has 0 N–H and O–H groups in total. The molecular weight excluding hydrogens is 120 g/mol. The van der Waals surface area contributed by atoms with Gasteiger partial charge in [0.15, 0.2) is 5.78 Å². The van der Waals surface area contributed by atoms with E-state index in [9.17, 15) is 4.79 Å². The van der Waals surface area contributed by atoms with Gasteiger partial charge in [-0.1, -0.05) is 0 Å². The van der Waals surface area contributed by atoms with E-state index in [-0.39, 0.29) is 11.9 Å². The molecule has 0 amide bonds. The molecule has 1 unspecified atom stereocenters. The zero-order valence-electron chi connectivity index (χ0n) is 5.00. The Morgan fingerprint density at radius 2 is 2.44 bits per heavy atom. The van der Waals surface area contributed by atoms with Crippen molar-refractivity contribution in [2.24, 2.45) is 0 Å². The van der Waals surface area contributed by atoms with Crippen molar-refractivity contribution in [2.45, 2.75) is 25.2 Å². The third-order valence-corrected chi connectivity index (χ3v) is 1.73. The van der Waals surface area contributed by atoms with Crippen LogP contribution in [0.1, 0.15) is 12.8 Å². The number of hydrogen-bond acceptors (Lipinski definition) is 3. The normalized spacial score (nSPS) is 41.6. The molecule has 2 rings (SSSR count). The second kappa shape index (κ2) is 1.78. The number of hydrogen-bond donors (Lipinski definition) is 0. The average Bonchev–Trinajstić information content (AvgIpc) is 2.25. The van der Waals surface area contributed by atoms with Gasteiger partial charge in [0.05, 0.1) is 12.7 Å². The summed E-state index contributed by atoms with van der Waals surface area (Å²) in [6.45, 7) is 0.608. The van der Waals surface area contributed by atoms with E-state index < -0.39 is 6.29 Å². The molecule has 9 heavy (non-hydrogen) atoms. The summed E-state index contributed by atoms with van der Waals surface area (Å²) in [5, 5.41) is 0. The number of fused-ring (bicyclic) bond motifs is 2. The highest BCUT2D eigenvalue weighted by Crippen LogP contribution is 2.23. The molecule has 0 radical (unpaired) electrons. The van der Waals surface area contributed by atoms with Gasteiger partial charge in [0.1, 0.15) is 0 Å². The maximum Gasteiger partial charge on any atom is 0.218 e. The Hall–Kier alpha value is -0.410. The maximum atomic E-state index is 10.8. The van der Waals surface area contributed by atoms with E-state index in [1.807, 2.05) is 0 Å². The molecule has 2 aliphatic rings. The molecular formula is C6H8O3. The molecule has 2 aliphatic heterocycles. The number of ether oxygens (including phenoxy) is 2. The standard InChI is InChI=1S/C6H8O3/c7-5-2-1-4-3-8-6(5)9-4/h4,6H,1-3H2/t4-,6?/m1/s1. The highest BCUT2D eigenvalue weighted by molar-refractivity contribution is 5.82. The minimum atomic E-state index is -0.510. The van der Waals surface area contributed by atoms with Crippen molar-refractivity contribution in [2.75, 3.05) is 6.61 Å². The number of rotatable bonds is 0. The van der Waals surface area contributed by atoms with Crippen LogP contribution in [-0.2, 0) is 14.3 Å². The lowest BCUT2D eigenvalue weighted by atomic mass is 10.1. The topological polar surface area (TPSA) is 35.5 Å². The fourth-order valence-electron chi connectivity index (χ4n) is 1.19. The van der Waals surface area contributed by atoms with Crippen molar-refractivity contribution >= 4 is 5.78 Å². The van der Waals surface area contributed by atoms with Crippen LogP contribution in [0.4, 0.5) is 0 Å². The molecule has 3 heteroatoms. The first-order valence-electron chi connectivity index (χ1n) is 3.16. The van der Waals surface area contributed by atoms with Crippen molar-refractivity contribution in [1.82, 2.24) is 0 Å². The van der Waals surface area contributed by atoms with Gasteiger partial charge in [-0.25, -0.2) is 0 Å². The van der Waals surface area contributed by atoms with E-state index in [1.165, 1.54) is 0 Å². The quantitative estimate of drug-likeness (QED) is 0.464. The van der Waals surface area contributed by atoms with Gasteiger partial charge in [-0.3, -0.25) is 4.79 Å². The summed E-state index contributed by atoms with van der Waals surface area (Å²) >= 11 is 0. The van der Waals surface area contributed by atoms with Crippen LogP contribution in [0.25, 0.3) is 0 Å². The third kappa shape index (κ3) is 0.767. The smallest absolute Gasteiger partial charge is 0.218 e. The number of Topliss-reactive ketones (excluding diaryl/α,β-unsaturated/α-hetero) is 1. The molecule has 2 atom stereocenters. The van der Waals surface area contributed by atoms with Crippen LogP contribution < -0.4 is 0 Å². The van der Waals surface area contributed by atoms with Gasteiger partial charge in [0.2, 0.25) is 6.29 Å². The highest BCUT2D eigenvalue weighted by Gasteiger charge is 2.36. The molecule has 2 fully saturated rings. The van der Waals surface area contributed by atoms with Gasteiger partial charge in [-0.15, -0.1) is 0 Å². The predicted molar refractivity (Wildman–Crippen MR) is 28.9 cm³/mol. The summed E-state index contributed by atoms with van der Waals surface area (Å²) < 4.78 is 10.2. The van der Waals surface area contributed by atoms with E-state index in [4.69, 9.17) is 9.47 Å². The summed E-state index contributed by atoms with van der Waals surface area (Å²) in [6.07, 6.45) is 1.17. The Balaban J connectivity index is 2.14. The summed E-state index contributed by atoms with van der Waals surface area (Å²) in [7, 11) is 0. The summed E-state index contributed by atoms with van der Waals surface area (Å²) in [5.41, 5.74) is 0. The molecule has 0 aromatic heterocycles. The van der Waals surface area contributed by atoms with Gasteiger partial charge in [-0.05, 0) is 6.42 Å². The van der Waals surface area contributed by atoms with Crippen molar-refractivity contribution in [1.29, 1.82) is 0 Å². The fraction of sp³-hybridized carbons (Fsp3) is 0.833. The first-order valence-corrected chi connectivity index (χ1v) is 3.16. The Labute approximate surface area is 52.9 Å². The summed E-state index contributed by atoms with van der Waals surface area (Å²) in [4.78, 5) is 10.8. The zero-order valence-corrected chi connectivity index (χ0v) is 5.00. The van der Waals surface area contributed by atoms with Crippen LogP contribution in [0.5, 0.6) is 0 Å². The zero-order chi connectivity index (χ0) is 6.27. The van der Waals surface area contributed by atoms with Crippen LogP contribution in [0, 0.1) is 0 Å². The van der Waals surface area contributed by atoms with Crippen molar-refractivity contribution in [3.05, 3.63) is 0 Å². The van der Waals surface area contributed by atoms with Crippen molar-refractivity contribution in [3.63, 3.8) is 0 Å². The molecule has 2 bridgehead atoms. The van der Waals surface area contributed by atoms with Crippen LogP contribution in [0.15, 0.2) is 0 Å². The van der Waals surface area contributed by atoms with E-state index in [0.717, 1.165) is 6.42 Å². The van der Waals surface area contributed by atoms with E-state index in [1.54, 1.807) is 0 Å². The monoisotopic (exact) mass is 128 g/mol. The first kappa shape index (κ1) is 5.38. The lowest BCUT2D eigenvalue weighted by Gasteiger charge is -2.15. The molecule has 0 aromatic rings. The van der Waals surface area contributed by atoms with Gasteiger partial charge in [0.25, 0.3) is 0 Å². The largest absolute Gasteiger partial charge is 0.343 e. The lowest BCUT2D eigenvalue weighted by molar-refractivity contribution is -0.152. The van der Waals surface area contributed by atoms with Crippen LogP contribution in [0.2, 0.25) is 0 Å². The maximum absolute atomic E-state index is 10.8. The van der Waals surface area contributed by atoms with Crippen molar-refractivity contribution in [3.8, 4) is 0 Å². The first-order chi connectivity index (χ1) is 4.36. The summed E-state index contributed by atoms with van der Waals surface area (Å²) in [5.74, 6) is 0.101. The Morgan fingerprint density at radius 3 is 3.22 bits per heavy atom. The lowest BCUT2D eigenvalue weighted by Crippen LogP contribution is -2.27. The molecule has 2 saturated heterocycles. The molecule has 0 spiro atoms. The van der Waals surface area contributed by atoms with E-state index >= 15 is 0 Å². The molecule has 2 heterocycles. The van der Waals surface area contributed by atoms with Gasteiger partial charge in [-0.2, -0.15) is 0 Å². The van der Waals surface area contributed by atoms with Gasteiger partial charge in [0, 0.05) is 6.42 Å². The Morgan fingerprint density at radius 1 is 1.56 bits per heavy atom. The molecule has 50 valence electrons. The Bertz CT molecular complexity index is 143. The van der Waals surface area contributed by atoms with Crippen LogP contribution in [-0.4, -0.2) is 24.8 Å². The average molecular weight is 128 g/mol. The number of ketones is 1. The second-order valence-corrected chi connectivity index (χ2v) is 2.43. The van der Waals surface area contributed by atoms with Gasteiger partial charge >= 0.3 is 0 Å². The second-order valence-electron chi connectivity index (χ2n) is 2.43.